The largest absolute Gasteiger partial charge is 0.309 e. The van der Waals surface area contributed by atoms with Crippen molar-refractivity contribution in [2.45, 2.75) is 12.8 Å². The van der Waals surface area contributed by atoms with Crippen LogP contribution in [-0.2, 0) is 11.2 Å². The van der Waals surface area contributed by atoms with Gasteiger partial charge in [-0.1, -0.05) is 11.6 Å². The molecule has 2 rings (SSSR count). The van der Waals surface area contributed by atoms with Gasteiger partial charge in [-0.05, 0) is 24.5 Å². The van der Waals surface area contributed by atoms with Gasteiger partial charge in [-0.2, -0.15) is 0 Å². The van der Waals surface area contributed by atoms with Gasteiger partial charge in [0.05, 0.1) is 4.92 Å². The minimum absolute atomic E-state index is 0.102. The van der Waals surface area contributed by atoms with E-state index in [1.54, 1.807) is 6.07 Å². The normalized spacial score (nSPS) is 14.4. The van der Waals surface area contributed by atoms with Crippen molar-refractivity contribution < 1.29 is 9.72 Å². The van der Waals surface area contributed by atoms with Gasteiger partial charge in [-0.15, -0.1) is 0 Å². The first-order valence-electron chi connectivity index (χ1n) is 4.82. The second-order valence-electron chi connectivity index (χ2n) is 3.59. The quantitative estimate of drug-likeness (QED) is 0.452. The maximum atomic E-state index is 10.9. The zero-order chi connectivity index (χ0) is 11.7. The van der Waals surface area contributed by atoms with Crippen LogP contribution in [0.2, 0.25) is 5.02 Å². The standard InChI is InChI=1S/C10H9ClN2O3/c11-8-4-7-2-1-3-12(6-14)10(7)9(5-8)13(15)16/h4-6H,1-3H2. The van der Waals surface area contributed by atoms with Crippen molar-refractivity contribution in [3.8, 4) is 0 Å². The number of rotatable bonds is 2. The molecule has 1 aliphatic heterocycles. The van der Waals surface area contributed by atoms with Crippen LogP contribution in [0.4, 0.5) is 11.4 Å². The number of nitro groups is 1. The van der Waals surface area contributed by atoms with E-state index in [1.165, 1.54) is 11.0 Å². The fourth-order valence-electron chi connectivity index (χ4n) is 1.96. The predicted octanol–water partition coefficient (Wildman–Crippen LogP) is 2.16. The summed E-state index contributed by atoms with van der Waals surface area (Å²) < 4.78 is 0. The third-order valence-corrected chi connectivity index (χ3v) is 2.81. The van der Waals surface area contributed by atoms with Crippen LogP contribution in [0.5, 0.6) is 0 Å². The number of nitro benzene ring substituents is 1. The number of fused-ring (bicyclic) bond motifs is 1. The Labute approximate surface area is 96.8 Å². The summed E-state index contributed by atoms with van der Waals surface area (Å²) in [5.41, 5.74) is 1.04. The zero-order valence-corrected chi connectivity index (χ0v) is 9.11. The Morgan fingerprint density at radius 3 is 2.88 bits per heavy atom. The van der Waals surface area contributed by atoms with Gasteiger partial charge in [0.1, 0.15) is 5.69 Å². The molecular formula is C10H9ClN2O3. The fourth-order valence-corrected chi connectivity index (χ4v) is 2.19. The van der Waals surface area contributed by atoms with Gasteiger partial charge in [0.25, 0.3) is 5.69 Å². The summed E-state index contributed by atoms with van der Waals surface area (Å²) in [6.07, 6.45) is 2.13. The summed E-state index contributed by atoms with van der Waals surface area (Å²) in [5.74, 6) is 0. The molecule has 0 unspecified atom stereocenters. The van der Waals surface area contributed by atoms with Crippen molar-refractivity contribution in [1.82, 2.24) is 0 Å². The van der Waals surface area contributed by atoms with Crippen LogP contribution < -0.4 is 4.90 Å². The molecule has 0 radical (unpaired) electrons. The van der Waals surface area contributed by atoms with E-state index >= 15 is 0 Å². The topological polar surface area (TPSA) is 63.5 Å². The van der Waals surface area contributed by atoms with Crippen molar-refractivity contribution >= 4 is 29.4 Å². The van der Waals surface area contributed by atoms with Crippen LogP contribution in [0.15, 0.2) is 12.1 Å². The first-order chi connectivity index (χ1) is 7.63. The monoisotopic (exact) mass is 240 g/mol. The number of carbonyl (C=O) groups is 1. The summed E-state index contributed by atoms with van der Waals surface area (Å²) in [6, 6.07) is 2.96. The van der Waals surface area contributed by atoms with Crippen molar-refractivity contribution in [2.24, 2.45) is 0 Å². The van der Waals surface area contributed by atoms with Gasteiger partial charge in [0, 0.05) is 17.6 Å². The minimum atomic E-state index is -0.507. The first kappa shape index (κ1) is 10.9. The van der Waals surface area contributed by atoms with E-state index in [4.69, 9.17) is 11.6 Å². The van der Waals surface area contributed by atoms with Crippen LogP contribution in [0.1, 0.15) is 12.0 Å². The molecule has 0 aromatic heterocycles. The van der Waals surface area contributed by atoms with Gasteiger partial charge < -0.3 is 4.90 Å². The van der Waals surface area contributed by atoms with Crippen LogP contribution in [-0.4, -0.2) is 17.9 Å². The number of carbonyl (C=O) groups excluding carboxylic acids is 1. The summed E-state index contributed by atoms with van der Waals surface area (Å²) in [6.45, 7) is 0.513. The lowest BCUT2D eigenvalue weighted by atomic mass is 10.0. The van der Waals surface area contributed by atoms with E-state index in [-0.39, 0.29) is 5.69 Å². The highest BCUT2D eigenvalue weighted by Crippen LogP contribution is 2.37. The Balaban J connectivity index is 2.65. The third-order valence-electron chi connectivity index (χ3n) is 2.59. The van der Waals surface area contributed by atoms with Crippen LogP contribution in [0.25, 0.3) is 0 Å². The highest BCUT2D eigenvalue weighted by atomic mass is 35.5. The molecule has 16 heavy (non-hydrogen) atoms. The predicted molar refractivity (Wildman–Crippen MR) is 59.8 cm³/mol. The van der Waals surface area contributed by atoms with E-state index < -0.39 is 4.92 Å². The lowest BCUT2D eigenvalue weighted by molar-refractivity contribution is -0.384. The number of anilines is 1. The van der Waals surface area contributed by atoms with Gasteiger partial charge in [0.15, 0.2) is 0 Å². The molecule has 0 aliphatic carbocycles. The summed E-state index contributed by atoms with van der Waals surface area (Å²) in [7, 11) is 0. The van der Waals surface area contributed by atoms with Crippen LogP contribution in [0, 0.1) is 10.1 Å². The molecule has 0 fully saturated rings. The molecule has 0 atom stereocenters. The van der Waals surface area contributed by atoms with Crippen LogP contribution in [0.3, 0.4) is 0 Å². The highest BCUT2D eigenvalue weighted by Gasteiger charge is 2.26. The maximum absolute atomic E-state index is 10.9. The molecule has 1 heterocycles. The molecular weight excluding hydrogens is 232 g/mol. The molecule has 1 amide bonds. The molecule has 6 heteroatoms. The summed E-state index contributed by atoms with van der Waals surface area (Å²) >= 11 is 5.81. The van der Waals surface area contributed by atoms with E-state index in [0.29, 0.717) is 30.1 Å². The van der Waals surface area contributed by atoms with Gasteiger partial charge in [-0.25, -0.2) is 0 Å². The molecule has 0 saturated heterocycles. The van der Waals surface area contributed by atoms with Crippen molar-refractivity contribution in [1.29, 1.82) is 0 Å². The minimum Gasteiger partial charge on any atom is -0.309 e. The SMILES string of the molecule is O=CN1CCCc2cc(Cl)cc([N+](=O)[O-])c21. The number of hydrogen-bond donors (Lipinski definition) is 0. The lowest BCUT2D eigenvalue weighted by Gasteiger charge is -2.25. The Hall–Kier alpha value is -1.62. The number of nitrogens with zero attached hydrogens (tertiary/aromatic N) is 2. The Bertz CT molecular complexity index is 462. The Kier molecular flexibility index (Phi) is 2.78. The molecule has 1 aromatic rings. The number of aryl methyl sites for hydroxylation is 1. The molecule has 84 valence electrons. The Morgan fingerprint density at radius 1 is 1.50 bits per heavy atom. The maximum Gasteiger partial charge on any atom is 0.294 e. The molecule has 1 aromatic carbocycles. The second-order valence-corrected chi connectivity index (χ2v) is 4.03. The summed E-state index contributed by atoms with van der Waals surface area (Å²) in [5, 5.41) is 11.2. The fraction of sp³-hybridized carbons (Fsp3) is 0.300. The van der Waals surface area contributed by atoms with Gasteiger partial charge in [0.2, 0.25) is 6.41 Å². The highest BCUT2D eigenvalue weighted by molar-refractivity contribution is 6.31. The smallest absolute Gasteiger partial charge is 0.294 e. The first-order valence-corrected chi connectivity index (χ1v) is 5.20. The number of hydrogen-bond acceptors (Lipinski definition) is 3. The Morgan fingerprint density at radius 2 is 2.25 bits per heavy atom. The molecule has 1 aliphatic rings. The zero-order valence-electron chi connectivity index (χ0n) is 8.35. The number of benzene rings is 1. The second kappa shape index (κ2) is 4.09. The van der Waals surface area contributed by atoms with Gasteiger partial charge in [-0.3, -0.25) is 14.9 Å². The summed E-state index contributed by atoms with van der Waals surface area (Å²) in [4.78, 5) is 22.6. The third kappa shape index (κ3) is 1.74. The van der Waals surface area contributed by atoms with Crippen molar-refractivity contribution in [3.63, 3.8) is 0 Å². The molecule has 0 N–H and O–H groups in total. The van der Waals surface area contributed by atoms with Crippen LogP contribution >= 0.6 is 11.6 Å². The van der Waals surface area contributed by atoms with E-state index in [2.05, 4.69) is 0 Å². The number of halogens is 1. The van der Waals surface area contributed by atoms with E-state index in [1.807, 2.05) is 0 Å². The number of amides is 1. The average molecular weight is 241 g/mol. The molecule has 0 bridgehead atoms. The molecule has 0 saturated carbocycles. The van der Waals surface area contributed by atoms with Gasteiger partial charge >= 0.3 is 0 Å². The van der Waals surface area contributed by atoms with E-state index in [0.717, 1.165) is 12.0 Å². The molecule has 5 nitrogen and oxygen atoms in total. The van der Waals surface area contributed by atoms with Crippen molar-refractivity contribution in [3.05, 3.63) is 32.8 Å². The lowest BCUT2D eigenvalue weighted by Crippen LogP contribution is -2.28. The van der Waals surface area contributed by atoms with E-state index in [9.17, 15) is 14.9 Å². The van der Waals surface area contributed by atoms with Crippen molar-refractivity contribution in [2.75, 3.05) is 11.4 Å². The average Bonchev–Trinajstić information content (AvgIpc) is 2.26. The molecule has 0 spiro atoms.